The van der Waals surface area contributed by atoms with Crippen molar-refractivity contribution in [1.29, 1.82) is 0 Å². The largest absolute Gasteiger partial charge is 0.496 e. The molecule has 0 fully saturated rings. The quantitative estimate of drug-likeness (QED) is 0.440. The molecule has 0 aliphatic heterocycles. The predicted octanol–water partition coefficient (Wildman–Crippen LogP) is 2.08. The minimum absolute atomic E-state index is 0.259. The zero-order valence-corrected chi connectivity index (χ0v) is 16.2. The van der Waals surface area contributed by atoms with E-state index in [-0.39, 0.29) is 6.54 Å². The van der Waals surface area contributed by atoms with Gasteiger partial charge in [-0.2, -0.15) is 0 Å². The summed E-state index contributed by atoms with van der Waals surface area (Å²) in [7, 11) is 3.22. The molecule has 0 heterocycles. The van der Waals surface area contributed by atoms with Crippen molar-refractivity contribution in [2.75, 3.05) is 27.3 Å². The first-order valence-corrected chi connectivity index (χ1v) is 9.17. The van der Waals surface area contributed by atoms with E-state index < -0.39 is 18.2 Å². The minimum atomic E-state index is -1.15. The molecule has 1 amide bonds. The molecule has 0 spiro atoms. The fourth-order valence-corrected chi connectivity index (χ4v) is 3.09. The maximum atomic E-state index is 11.1. The number of ether oxygens (including phenoxy) is 2. The van der Waals surface area contributed by atoms with Gasteiger partial charge < -0.3 is 30.3 Å². The van der Waals surface area contributed by atoms with Crippen LogP contribution in [0.15, 0.2) is 48.5 Å². The molecular weight excluding hydrogens is 360 g/mol. The third-order valence-corrected chi connectivity index (χ3v) is 4.51. The first-order chi connectivity index (χ1) is 13.5. The van der Waals surface area contributed by atoms with Crippen LogP contribution >= 0.6 is 0 Å². The van der Waals surface area contributed by atoms with Crippen LogP contribution in [0.2, 0.25) is 0 Å². The van der Waals surface area contributed by atoms with Crippen molar-refractivity contribution < 1.29 is 24.5 Å². The monoisotopic (exact) mass is 388 g/mol. The summed E-state index contributed by atoms with van der Waals surface area (Å²) in [4.78, 5) is 11.1. The Labute approximate surface area is 165 Å². The lowest BCUT2D eigenvalue weighted by atomic mass is 10.0. The van der Waals surface area contributed by atoms with Crippen LogP contribution in [0.1, 0.15) is 11.1 Å². The second kappa shape index (κ2) is 11.2. The van der Waals surface area contributed by atoms with Gasteiger partial charge in [-0.25, -0.2) is 4.79 Å². The molecule has 0 bridgehead atoms. The molecule has 2 rings (SSSR count). The molecule has 2 aromatic rings. The zero-order valence-electron chi connectivity index (χ0n) is 16.2. The second-order valence-electron chi connectivity index (χ2n) is 6.41. The predicted molar refractivity (Wildman–Crippen MR) is 107 cm³/mol. The maximum absolute atomic E-state index is 11.1. The van der Waals surface area contributed by atoms with Crippen LogP contribution in [0, 0.1) is 0 Å². The number of aliphatic hydroxyl groups is 1. The Balaban J connectivity index is 1.90. The molecule has 152 valence electrons. The molecule has 7 nitrogen and oxygen atoms in total. The van der Waals surface area contributed by atoms with Crippen LogP contribution in [0.4, 0.5) is 4.79 Å². The Morgan fingerprint density at radius 2 is 1.68 bits per heavy atom. The molecule has 28 heavy (non-hydrogen) atoms. The number of hydrogen-bond acceptors (Lipinski definition) is 5. The van der Waals surface area contributed by atoms with Crippen molar-refractivity contribution in [2.24, 2.45) is 0 Å². The third-order valence-electron chi connectivity index (χ3n) is 4.51. The molecular formula is C21H28N2O5. The van der Waals surface area contributed by atoms with Crippen molar-refractivity contribution in [2.45, 2.75) is 25.0 Å². The van der Waals surface area contributed by atoms with E-state index >= 15 is 0 Å². The van der Waals surface area contributed by atoms with Gasteiger partial charge in [0.05, 0.1) is 26.4 Å². The van der Waals surface area contributed by atoms with E-state index in [4.69, 9.17) is 14.6 Å². The lowest BCUT2D eigenvalue weighted by Gasteiger charge is -2.23. The van der Waals surface area contributed by atoms with Crippen LogP contribution in [0.25, 0.3) is 0 Å². The second-order valence-corrected chi connectivity index (χ2v) is 6.41. The summed E-state index contributed by atoms with van der Waals surface area (Å²) in [6.07, 6.45) is -0.957. The number of hydrogen-bond donors (Lipinski definition) is 4. The van der Waals surface area contributed by atoms with Gasteiger partial charge in [-0.15, -0.1) is 0 Å². The van der Waals surface area contributed by atoms with E-state index in [0.717, 1.165) is 22.6 Å². The van der Waals surface area contributed by atoms with Gasteiger partial charge in [0.15, 0.2) is 0 Å². The lowest BCUT2D eigenvalue weighted by Crippen LogP contribution is -2.48. The highest BCUT2D eigenvalue weighted by molar-refractivity contribution is 5.65. The molecule has 2 aromatic carbocycles. The van der Waals surface area contributed by atoms with E-state index in [1.54, 1.807) is 14.2 Å². The average Bonchev–Trinajstić information content (AvgIpc) is 2.70. The molecule has 4 N–H and O–H groups in total. The summed E-state index contributed by atoms with van der Waals surface area (Å²) in [6.45, 7) is 0.841. The van der Waals surface area contributed by atoms with Gasteiger partial charge in [0.1, 0.15) is 11.5 Å². The van der Waals surface area contributed by atoms with Crippen LogP contribution in [-0.2, 0) is 12.8 Å². The normalized spacial score (nSPS) is 12.8. The first kappa shape index (κ1) is 21.5. The van der Waals surface area contributed by atoms with E-state index in [2.05, 4.69) is 10.6 Å². The highest BCUT2D eigenvalue weighted by Crippen LogP contribution is 2.28. The van der Waals surface area contributed by atoms with Gasteiger partial charge in [-0.05, 0) is 37.1 Å². The topological polar surface area (TPSA) is 100 Å². The Morgan fingerprint density at radius 3 is 2.25 bits per heavy atom. The van der Waals surface area contributed by atoms with Gasteiger partial charge in [0, 0.05) is 12.1 Å². The van der Waals surface area contributed by atoms with Gasteiger partial charge in [-0.3, -0.25) is 0 Å². The van der Waals surface area contributed by atoms with E-state index in [9.17, 15) is 9.90 Å². The Morgan fingerprint density at radius 1 is 1.04 bits per heavy atom. The highest BCUT2D eigenvalue weighted by atomic mass is 16.5. The number of rotatable bonds is 11. The SMILES string of the molecule is COc1cccc(OC)c1CCNC[C@@H](O)[C@H](Cc1ccccc1)NC(=O)O. The number of nitrogens with one attached hydrogen (secondary N) is 2. The smallest absolute Gasteiger partial charge is 0.404 e. The molecule has 0 radical (unpaired) electrons. The molecule has 0 aliphatic carbocycles. The summed E-state index contributed by atoms with van der Waals surface area (Å²) in [5.74, 6) is 1.49. The molecule has 2 atom stereocenters. The Bertz CT molecular complexity index is 717. The van der Waals surface area contributed by atoms with Crippen molar-refractivity contribution >= 4 is 6.09 Å². The van der Waals surface area contributed by atoms with E-state index in [1.165, 1.54) is 0 Å². The Hall–Kier alpha value is -2.77. The van der Waals surface area contributed by atoms with Gasteiger partial charge in [-0.1, -0.05) is 36.4 Å². The molecule has 7 heteroatoms. The number of carbonyl (C=O) groups is 1. The molecule has 0 saturated heterocycles. The summed E-state index contributed by atoms with van der Waals surface area (Å²) in [6, 6.07) is 14.5. The molecule has 0 aliphatic rings. The molecule has 0 aromatic heterocycles. The zero-order chi connectivity index (χ0) is 20.4. The lowest BCUT2D eigenvalue weighted by molar-refractivity contribution is 0.118. The summed E-state index contributed by atoms with van der Waals surface area (Å²) in [5, 5.41) is 25.1. The van der Waals surface area contributed by atoms with Crippen molar-refractivity contribution in [3.05, 3.63) is 59.7 Å². The standard InChI is InChI=1S/C21H28N2O5/c1-27-19-9-6-10-20(28-2)16(19)11-12-22-14-18(24)17(23-21(25)26)13-15-7-4-3-5-8-15/h3-10,17-18,22-24H,11-14H2,1-2H3,(H,25,26)/t17-,18+/m0/s1. The van der Waals surface area contributed by atoms with E-state index in [1.807, 2.05) is 48.5 Å². The van der Waals surface area contributed by atoms with Gasteiger partial charge in [0.2, 0.25) is 0 Å². The van der Waals surface area contributed by atoms with Crippen LogP contribution in [0.5, 0.6) is 11.5 Å². The number of aliphatic hydroxyl groups excluding tert-OH is 1. The van der Waals surface area contributed by atoms with Crippen LogP contribution < -0.4 is 20.1 Å². The van der Waals surface area contributed by atoms with E-state index in [0.29, 0.717) is 19.4 Å². The fourth-order valence-electron chi connectivity index (χ4n) is 3.09. The summed E-state index contributed by atoms with van der Waals surface area (Å²) >= 11 is 0. The number of amides is 1. The molecule has 0 saturated carbocycles. The minimum Gasteiger partial charge on any atom is -0.496 e. The average molecular weight is 388 g/mol. The van der Waals surface area contributed by atoms with Crippen LogP contribution in [0.3, 0.4) is 0 Å². The first-order valence-electron chi connectivity index (χ1n) is 9.17. The van der Waals surface area contributed by atoms with Crippen molar-refractivity contribution in [3.8, 4) is 11.5 Å². The van der Waals surface area contributed by atoms with Crippen molar-refractivity contribution in [3.63, 3.8) is 0 Å². The summed E-state index contributed by atoms with van der Waals surface area (Å²) in [5.41, 5.74) is 1.90. The van der Waals surface area contributed by atoms with Crippen LogP contribution in [-0.4, -0.2) is 55.8 Å². The number of methoxy groups -OCH3 is 2. The third kappa shape index (κ3) is 6.44. The summed E-state index contributed by atoms with van der Waals surface area (Å²) < 4.78 is 10.8. The maximum Gasteiger partial charge on any atom is 0.404 e. The highest BCUT2D eigenvalue weighted by Gasteiger charge is 2.21. The fraction of sp³-hybridized carbons (Fsp3) is 0.381. The number of benzene rings is 2. The van der Waals surface area contributed by atoms with Gasteiger partial charge in [0.25, 0.3) is 0 Å². The number of carboxylic acid groups (broad SMARTS) is 1. The Kier molecular flexibility index (Phi) is 8.58. The van der Waals surface area contributed by atoms with Crippen molar-refractivity contribution in [1.82, 2.24) is 10.6 Å². The molecule has 0 unspecified atom stereocenters. The van der Waals surface area contributed by atoms with Gasteiger partial charge >= 0.3 is 6.09 Å².